The van der Waals surface area contributed by atoms with Gasteiger partial charge in [0.15, 0.2) is 0 Å². The van der Waals surface area contributed by atoms with Gasteiger partial charge in [0.25, 0.3) is 0 Å². The monoisotopic (exact) mass is 230 g/mol. The van der Waals surface area contributed by atoms with Gasteiger partial charge in [-0.15, -0.1) is 0 Å². The van der Waals surface area contributed by atoms with E-state index in [-0.39, 0.29) is 15.6 Å². The van der Waals surface area contributed by atoms with Gasteiger partial charge in [-0.2, -0.15) is 0 Å². The molecular formula is C7H6N2O5S. The van der Waals surface area contributed by atoms with Gasteiger partial charge in [-0.3, -0.25) is 14.9 Å². The summed E-state index contributed by atoms with van der Waals surface area (Å²) < 4.78 is 0. The second-order valence-corrected chi connectivity index (χ2v) is 3.60. The molecule has 8 heteroatoms. The van der Waals surface area contributed by atoms with Gasteiger partial charge in [-0.05, 0) is 11.3 Å². The van der Waals surface area contributed by atoms with E-state index in [0.29, 0.717) is 11.3 Å². The van der Waals surface area contributed by atoms with Crippen LogP contribution in [0.15, 0.2) is 6.07 Å². The van der Waals surface area contributed by atoms with Crippen molar-refractivity contribution in [1.82, 2.24) is 0 Å². The molecule has 0 spiro atoms. The van der Waals surface area contributed by atoms with Crippen molar-refractivity contribution in [2.24, 2.45) is 0 Å². The highest BCUT2D eigenvalue weighted by Gasteiger charge is 2.21. The summed E-state index contributed by atoms with van der Waals surface area (Å²) in [5, 5.41) is 21.0. The largest absolute Gasteiger partial charge is 0.478 e. The fourth-order valence-corrected chi connectivity index (χ4v) is 1.79. The highest BCUT2D eigenvalue weighted by Crippen LogP contribution is 2.33. The number of rotatable bonds is 3. The van der Waals surface area contributed by atoms with Gasteiger partial charge in [0.1, 0.15) is 10.6 Å². The molecule has 0 fully saturated rings. The van der Waals surface area contributed by atoms with E-state index in [0.717, 1.165) is 6.07 Å². The minimum absolute atomic E-state index is 0.0262. The molecule has 0 aliphatic rings. The molecule has 15 heavy (non-hydrogen) atoms. The maximum atomic E-state index is 10.7. The van der Waals surface area contributed by atoms with Gasteiger partial charge in [-0.25, -0.2) is 4.79 Å². The molecule has 2 N–H and O–H groups in total. The van der Waals surface area contributed by atoms with Crippen LogP contribution in [0.4, 0.5) is 10.0 Å². The number of aromatic carboxylic acids is 1. The molecule has 1 aromatic heterocycles. The van der Waals surface area contributed by atoms with Crippen LogP contribution < -0.4 is 5.32 Å². The predicted octanol–water partition coefficient (Wildman–Crippen LogP) is 1.31. The Labute approximate surface area is 87.5 Å². The highest BCUT2D eigenvalue weighted by molar-refractivity contribution is 7.19. The number of amides is 1. The Hall–Kier alpha value is -1.96. The summed E-state index contributed by atoms with van der Waals surface area (Å²) >= 11 is 0.612. The van der Waals surface area contributed by atoms with E-state index in [1.807, 2.05) is 0 Å². The molecule has 1 aromatic rings. The average Bonchev–Trinajstić information content (AvgIpc) is 2.46. The fourth-order valence-electron chi connectivity index (χ4n) is 0.880. The second kappa shape index (κ2) is 4.05. The van der Waals surface area contributed by atoms with Crippen LogP contribution in [0.3, 0.4) is 0 Å². The molecule has 7 nitrogen and oxygen atoms in total. The van der Waals surface area contributed by atoms with Gasteiger partial charge in [0, 0.05) is 13.0 Å². The minimum Gasteiger partial charge on any atom is -0.478 e. The number of carboxylic acids is 1. The summed E-state index contributed by atoms with van der Waals surface area (Å²) in [5.41, 5.74) is -0.276. The molecule has 0 aromatic carbocycles. The van der Waals surface area contributed by atoms with E-state index in [1.54, 1.807) is 0 Å². The van der Waals surface area contributed by atoms with Crippen molar-refractivity contribution in [3.63, 3.8) is 0 Å². The van der Waals surface area contributed by atoms with Crippen LogP contribution in [-0.4, -0.2) is 21.9 Å². The maximum absolute atomic E-state index is 10.7. The maximum Gasteiger partial charge on any atom is 0.338 e. The Morgan fingerprint density at radius 3 is 2.60 bits per heavy atom. The van der Waals surface area contributed by atoms with Gasteiger partial charge in [-0.1, -0.05) is 0 Å². The Bertz CT molecular complexity index is 439. The summed E-state index contributed by atoms with van der Waals surface area (Å²) in [5.74, 6) is -1.79. The van der Waals surface area contributed by atoms with Crippen LogP contribution in [-0.2, 0) is 4.79 Å². The third-order valence-corrected chi connectivity index (χ3v) is 2.42. The standard InChI is InChI=1S/C7H6N2O5S/c1-3(10)8-6-4(7(11)12)2-5(15-6)9(13)14/h2H,1H3,(H,8,10)(H,11,12). The zero-order valence-corrected chi connectivity index (χ0v) is 8.33. The van der Waals surface area contributed by atoms with Crippen molar-refractivity contribution >= 4 is 33.2 Å². The third-order valence-electron chi connectivity index (χ3n) is 1.42. The molecule has 1 amide bonds. The van der Waals surface area contributed by atoms with Crippen molar-refractivity contribution < 1.29 is 19.6 Å². The van der Waals surface area contributed by atoms with Gasteiger partial charge < -0.3 is 10.4 Å². The molecule has 0 aliphatic heterocycles. The average molecular weight is 230 g/mol. The Morgan fingerprint density at radius 2 is 2.20 bits per heavy atom. The number of hydrogen-bond donors (Lipinski definition) is 2. The van der Waals surface area contributed by atoms with Crippen LogP contribution in [0.1, 0.15) is 17.3 Å². The number of carboxylic acid groups (broad SMARTS) is 1. The van der Waals surface area contributed by atoms with Crippen LogP contribution in [0.25, 0.3) is 0 Å². The van der Waals surface area contributed by atoms with Crippen molar-refractivity contribution in [3.05, 3.63) is 21.7 Å². The summed E-state index contributed by atoms with van der Waals surface area (Å²) in [4.78, 5) is 31.1. The lowest BCUT2D eigenvalue weighted by Gasteiger charge is -1.97. The molecule has 1 heterocycles. The van der Waals surface area contributed by atoms with E-state index >= 15 is 0 Å². The van der Waals surface area contributed by atoms with Crippen LogP contribution in [0.5, 0.6) is 0 Å². The van der Waals surface area contributed by atoms with E-state index in [9.17, 15) is 19.7 Å². The molecule has 0 atom stereocenters. The SMILES string of the molecule is CC(=O)Nc1sc([N+](=O)[O-])cc1C(=O)O. The lowest BCUT2D eigenvalue weighted by Crippen LogP contribution is -2.07. The van der Waals surface area contributed by atoms with Gasteiger partial charge in [0.05, 0.1) is 4.92 Å². The molecule has 0 radical (unpaired) electrons. The minimum atomic E-state index is -1.32. The first-order valence-electron chi connectivity index (χ1n) is 3.71. The summed E-state index contributed by atoms with van der Waals surface area (Å²) in [7, 11) is 0. The van der Waals surface area contributed by atoms with Gasteiger partial charge >= 0.3 is 11.0 Å². The first-order valence-corrected chi connectivity index (χ1v) is 4.52. The Balaban J connectivity index is 3.17. The number of anilines is 1. The zero-order chi connectivity index (χ0) is 11.6. The van der Waals surface area contributed by atoms with Crippen LogP contribution in [0.2, 0.25) is 0 Å². The number of carbonyl (C=O) groups excluding carboxylic acids is 1. The Kier molecular flexibility index (Phi) is 3.00. The third kappa shape index (κ3) is 2.50. The van der Waals surface area contributed by atoms with Gasteiger partial charge in [0.2, 0.25) is 5.91 Å². The molecule has 0 saturated carbocycles. The summed E-state index contributed by atoms with van der Waals surface area (Å²) in [6.07, 6.45) is 0. The molecule has 0 saturated heterocycles. The topological polar surface area (TPSA) is 110 Å². The van der Waals surface area contributed by atoms with Crippen molar-refractivity contribution in [1.29, 1.82) is 0 Å². The number of nitro groups is 1. The molecular weight excluding hydrogens is 224 g/mol. The lowest BCUT2D eigenvalue weighted by atomic mass is 10.3. The number of thiophene rings is 1. The van der Waals surface area contributed by atoms with Crippen molar-refractivity contribution in [3.8, 4) is 0 Å². The quantitative estimate of drug-likeness (QED) is 0.601. The zero-order valence-electron chi connectivity index (χ0n) is 7.51. The number of carbonyl (C=O) groups is 2. The molecule has 0 bridgehead atoms. The fraction of sp³-hybridized carbons (Fsp3) is 0.143. The normalized spacial score (nSPS) is 9.67. The Morgan fingerprint density at radius 1 is 1.60 bits per heavy atom. The molecule has 0 aliphatic carbocycles. The van der Waals surface area contributed by atoms with Crippen LogP contribution >= 0.6 is 11.3 Å². The first-order chi connectivity index (χ1) is 6.91. The molecule has 80 valence electrons. The molecule has 0 unspecified atom stereocenters. The molecule has 1 rings (SSSR count). The predicted molar refractivity (Wildman–Crippen MR) is 52.2 cm³/mol. The highest BCUT2D eigenvalue weighted by atomic mass is 32.1. The van der Waals surface area contributed by atoms with E-state index in [1.165, 1.54) is 6.92 Å². The van der Waals surface area contributed by atoms with E-state index < -0.39 is 16.8 Å². The first kappa shape index (κ1) is 11.1. The second-order valence-electron chi connectivity index (χ2n) is 2.57. The number of nitrogens with zero attached hydrogens (tertiary/aromatic N) is 1. The number of hydrogen-bond acceptors (Lipinski definition) is 5. The lowest BCUT2D eigenvalue weighted by molar-refractivity contribution is -0.380. The smallest absolute Gasteiger partial charge is 0.338 e. The van der Waals surface area contributed by atoms with Crippen LogP contribution in [0, 0.1) is 10.1 Å². The van der Waals surface area contributed by atoms with Crippen molar-refractivity contribution in [2.75, 3.05) is 5.32 Å². The van der Waals surface area contributed by atoms with Crippen molar-refractivity contribution in [2.45, 2.75) is 6.92 Å². The van der Waals surface area contributed by atoms with E-state index in [2.05, 4.69) is 5.32 Å². The summed E-state index contributed by atoms with van der Waals surface area (Å²) in [6.45, 7) is 1.19. The van der Waals surface area contributed by atoms with E-state index in [4.69, 9.17) is 5.11 Å². The number of nitrogens with one attached hydrogen (secondary N) is 1. The summed E-state index contributed by atoms with van der Waals surface area (Å²) in [6, 6.07) is 0.915.